The van der Waals surface area contributed by atoms with Crippen molar-refractivity contribution in [3.63, 3.8) is 0 Å². The molecule has 1 aliphatic heterocycles. The first-order valence-corrected chi connectivity index (χ1v) is 11.0. The molecule has 1 heterocycles. The molecule has 0 bridgehead atoms. The molecule has 1 fully saturated rings. The Hall–Kier alpha value is -4.77. The number of barbiturate groups is 1. The Morgan fingerprint density at radius 1 is 1.11 bits per heavy atom. The maximum atomic E-state index is 14.3. The van der Waals surface area contributed by atoms with E-state index in [-0.39, 0.29) is 40.1 Å². The number of non-ortho nitro benzene ring substituents is 1. The van der Waals surface area contributed by atoms with Crippen LogP contribution in [0, 0.1) is 15.9 Å². The van der Waals surface area contributed by atoms with Gasteiger partial charge in [0, 0.05) is 12.1 Å². The molecule has 0 atom stereocenters. The average molecular weight is 526 g/mol. The number of ether oxygens (including phenoxy) is 2. The number of imide groups is 2. The van der Waals surface area contributed by atoms with E-state index >= 15 is 0 Å². The summed E-state index contributed by atoms with van der Waals surface area (Å²) in [6.07, 6.45) is 1.18. The van der Waals surface area contributed by atoms with Crippen LogP contribution >= 0.6 is 11.6 Å². The molecule has 0 aliphatic carbocycles. The van der Waals surface area contributed by atoms with Crippen molar-refractivity contribution in [1.82, 2.24) is 5.32 Å². The number of nitro groups is 1. The molecule has 12 heteroatoms. The van der Waals surface area contributed by atoms with Gasteiger partial charge in [0.25, 0.3) is 17.5 Å². The van der Waals surface area contributed by atoms with Gasteiger partial charge < -0.3 is 9.47 Å². The lowest BCUT2D eigenvalue weighted by atomic mass is 10.1. The van der Waals surface area contributed by atoms with E-state index in [9.17, 15) is 28.9 Å². The fraction of sp³-hybridized carbons (Fsp3) is 0.0800. The minimum atomic E-state index is -1.09. The third-order valence-electron chi connectivity index (χ3n) is 5.26. The van der Waals surface area contributed by atoms with Crippen LogP contribution in [-0.4, -0.2) is 29.9 Å². The zero-order valence-electron chi connectivity index (χ0n) is 19.1. The number of para-hydroxylation sites is 1. The normalized spacial score (nSPS) is 14.5. The highest BCUT2D eigenvalue weighted by Crippen LogP contribution is 2.38. The summed E-state index contributed by atoms with van der Waals surface area (Å²) in [5, 5.41) is 13.1. The molecule has 10 nitrogen and oxygen atoms in total. The number of urea groups is 1. The van der Waals surface area contributed by atoms with Crippen LogP contribution in [0.4, 0.5) is 20.6 Å². The van der Waals surface area contributed by atoms with Crippen molar-refractivity contribution in [2.75, 3.05) is 12.0 Å². The molecular weight excluding hydrogens is 509 g/mol. The van der Waals surface area contributed by atoms with Gasteiger partial charge in [0.1, 0.15) is 18.0 Å². The summed E-state index contributed by atoms with van der Waals surface area (Å²) in [6.45, 7) is -0.0567. The summed E-state index contributed by atoms with van der Waals surface area (Å²) < 4.78 is 25.3. The number of nitro benzene ring substituents is 1. The van der Waals surface area contributed by atoms with Crippen LogP contribution in [0.3, 0.4) is 0 Å². The zero-order valence-corrected chi connectivity index (χ0v) is 19.8. The number of hydrogen-bond acceptors (Lipinski definition) is 7. The zero-order chi connectivity index (χ0) is 26.7. The van der Waals surface area contributed by atoms with Crippen molar-refractivity contribution in [3.8, 4) is 11.5 Å². The SMILES string of the molecule is COc1cc(/C=C2/C(=O)NC(=O)N(c3ccccc3F)C2=O)cc(Cl)c1OCc1cccc([N+](=O)[O-])c1. The summed E-state index contributed by atoms with van der Waals surface area (Å²) >= 11 is 6.38. The Bertz CT molecular complexity index is 1470. The first-order valence-electron chi connectivity index (χ1n) is 10.6. The van der Waals surface area contributed by atoms with E-state index in [0.29, 0.717) is 10.5 Å². The van der Waals surface area contributed by atoms with Gasteiger partial charge in [-0.05, 0) is 41.5 Å². The van der Waals surface area contributed by atoms with E-state index in [4.69, 9.17) is 21.1 Å². The lowest BCUT2D eigenvalue weighted by molar-refractivity contribution is -0.384. The number of anilines is 1. The molecule has 37 heavy (non-hydrogen) atoms. The van der Waals surface area contributed by atoms with E-state index < -0.39 is 34.2 Å². The van der Waals surface area contributed by atoms with Crippen LogP contribution in [0.15, 0.2) is 66.2 Å². The molecule has 4 rings (SSSR count). The van der Waals surface area contributed by atoms with E-state index in [1.165, 1.54) is 61.7 Å². The number of methoxy groups -OCH3 is 1. The molecular formula is C25H17ClFN3O7. The first-order chi connectivity index (χ1) is 17.7. The highest BCUT2D eigenvalue weighted by Gasteiger charge is 2.38. The number of nitrogens with one attached hydrogen (secondary N) is 1. The lowest BCUT2D eigenvalue weighted by Crippen LogP contribution is -2.54. The van der Waals surface area contributed by atoms with Crippen molar-refractivity contribution in [1.29, 1.82) is 0 Å². The van der Waals surface area contributed by atoms with Gasteiger partial charge in [-0.1, -0.05) is 35.9 Å². The third-order valence-corrected chi connectivity index (χ3v) is 5.54. The van der Waals surface area contributed by atoms with Gasteiger partial charge in [-0.3, -0.25) is 25.0 Å². The molecule has 3 aromatic rings. The summed E-state index contributed by atoms with van der Waals surface area (Å²) in [6, 6.07) is 12.8. The Labute approximate surface area is 214 Å². The van der Waals surface area contributed by atoms with Crippen LogP contribution < -0.4 is 19.7 Å². The smallest absolute Gasteiger partial charge is 0.336 e. The average Bonchev–Trinajstić information content (AvgIpc) is 2.86. The van der Waals surface area contributed by atoms with Crippen LogP contribution in [-0.2, 0) is 16.2 Å². The predicted octanol–water partition coefficient (Wildman–Crippen LogP) is 4.64. The molecule has 0 unspecified atom stereocenters. The van der Waals surface area contributed by atoms with Crippen molar-refractivity contribution in [2.45, 2.75) is 6.61 Å². The molecule has 3 aromatic carbocycles. The molecule has 0 radical (unpaired) electrons. The van der Waals surface area contributed by atoms with Crippen LogP contribution in [0.25, 0.3) is 6.08 Å². The molecule has 1 aliphatic rings. The van der Waals surface area contributed by atoms with E-state index in [1.54, 1.807) is 6.07 Å². The van der Waals surface area contributed by atoms with E-state index in [0.717, 1.165) is 6.07 Å². The molecule has 0 aromatic heterocycles. The molecule has 0 saturated carbocycles. The van der Waals surface area contributed by atoms with Gasteiger partial charge in [-0.15, -0.1) is 0 Å². The summed E-state index contributed by atoms with van der Waals surface area (Å²) in [7, 11) is 1.35. The highest BCUT2D eigenvalue weighted by molar-refractivity contribution is 6.39. The molecule has 1 saturated heterocycles. The molecule has 4 amide bonds. The largest absolute Gasteiger partial charge is 0.493 e. The molecule has 0 spiro atoms. The number of carbonyl (C=O) groups is 3. The van der Waals surface area contributed by atoms with Crippen molar-refractivity contribution in [3.05, 3.63) is 98.3 Å². The highest BCUT2D eigenvalue weighted by atomic mass is 35.5. The maximum Gasteiger partial charge on any atom is 0.336 e. The second-order valence-electron chi connectivity index (χ2n) is 7.66. The minimum Gasteiger partial charge on any atom is -0.493 e. The quantitative estimate of drug-likeness (QED) is 0.206. The summed E-state index contributed by atoms with van der Waals surface area (Å²) in [4.78, 5) is 48.7. The van der Waals surface area contributed by atoms with Crippen molar-refractivity contribution < 1.29 is 33.2 Å². The Balaban J connectivity index is 1.64. The predicted molar refractivity (Wildman–Crippen MR) is 131 cm³/mol. The third kappa shape index (κ3) is 5.26. The second-order valence-corrected chi connectivity index (χ2v) is 8.07. The van der Waals surface area contributed by atoms with Gasteiger partial charge in [0.2, 0.25) is 0 Å². The topological polar surface area (TPSA) is 128 Å². The summed E-state index contributed by atoms with van der Waals surface area (Å²) in [5.74, 6) is -2.55. The Morgan fingerprint density at radius 3 is 2.57 bits per heavy atom. The van der Waals surface area contributed by atoms with Crippen LogP contribution in [0.2, 0.25) is 5.02 Å². The van der Waals surface area contributed by atoms with Gasteiger partial charge in [0.15, 0.2) is 11.5 Å². The van der Waals surface area contributed by atoms with Gasteiger partial charge >= 0.3 is 6.03 Å². The van der Waals surface area contributed by atoms with Crippen LogP contribution in [0.1, 0.15) is 11.1 Å². The second kappa shape index (κ2) is 10.5. The van der Waals surface area contributed by atoms with Crippen molar-refractivity contribution in [2.24, 2.45) is 0 Å². The monoisotopic (exact) mass is 525 g/mol. The van der Waals surface area contributed by atoms with Gasteiger partial charge in [-0.2, -0.15) is 0 Å². The molecule has 1 N–H and O–H groups in total. The minimum absolute atomic E-state index is 0.0567. The van der Waals surface area contributed by atoms with Gasteiger partial charge in [-0.25, -0.2) is 14.1 Å². The number of hydrogen-bond donors (Lipinski definition) is 1. The van der Waals surface area contributed by atoms with E-state index in [2.05, 4.69) is 0 Å². The number of nitrogens with zero attached hydrogens (tertiary/aromatic N) is 2. The Kier molecular flexibility index (Phi) is 7.16. The fourth-order valence-electron chi connectivity index (χ4n) is 3.55. The fourth-order valence-corrected chi connectivity index (χ4v) is 3.83. The summed E-state index contributed by atoms with van der Waals surface area (Å²) in [5.41, 5.74) is -0.0820. The number of amides is 4. The van der Waals surface area contributed by atoms with E-state index in [1.807, 2.05) is 5.32 Å². The standard InChI is InChI=1S/C25H17ClFN3O7/c1-36-21-12-15(11-18(26)22(21)37-13-14-5-4-6-16(9-14)30(34)35)10-17-23(31)28-25(33)29(24(17)32)20-8-3-2-7-19(20)27/h2-12H,13H2,1H3,(H,28,31,33)/b17-10-. The lowest BCUT2D eigenvalue weighted by Gasteiger charge is -2.26. The number of rotatable bonds is 7. The van der Waals surface area contributed by atoms with Crippen molar-refractivity contribution >= 4 is 46.9 Å². The number of carbonyl (C=O) groups excluding carboxylic acids is 3. The first kappa shape index (κ1) is 25.3. The Morgan fingerprint density at radius 2 is 1.86 bits per heavy atom. The maximum absolute atomic E-state index is 14.3. The number of benzene rings is 3. The van der Waals surface area contributed by atoms with Gasteiger partial charge in [0.05, 0.1) is 22.7 Å². The molecule has 188 valence electrons. The van der Waals surface area contributed by atoms with Crippen LogP contribution in [0.5, 0.6) is 11.5 Å². The number of halogens is 2.